The topological polar surface area (TPSA) is 85.1 Å². The van der Waals surface area contributed by atoms with Gasteiger partial charge in [-0.25, -0.2) is 8.78 Å². The number of hydrogen-bond acceptors (Lipinski definition) is 5. The van der Waals surface area contributed by atoms with E-state index in [0.717, 1.165) is 24.0 Å². The summed E-state index contributed by atoms with van der Waals surface area (Å²) in [5.74, 6) is -1.50. The Balaban J connectivity index is 1.43. The molecule has 0 spiro atoms. The van der Waals surface area contributed by atoms with Gasteiger partial charge in [-0.05, 0) is 85.0 Å². The number of rotatable bonds is 7. The number of amides is 1. The summed E-state index contributed by atoms with van der Waals surface area (Å²) in [5, 5.41) is 10.4. The van der Waals surface area contributed by atoms with Crippen LogP contribution in [0, 0.1) is 18.6 Å². The lowest BCUT2D eigenvalue weighted by Gasteiger charge is -2.15. The van der Waals surface area contributed by atoms with Gasteiger partial charge in [0.25, 0.3) is 5.91 Å². The van der Waals surface area contributed by atoms with Crippen molar-refractivity contribution in [2.24, 2.45) is 0 Å². The van der Waals surface area contributed by atoms with E-state index in [0.29, 0.717) is 23.1 Å². The first-order chi connectivity index (χ1) is 19.3. The first-order valence-corrected chi connectivity index (χ1v) is 13.0. The molecule has 0 bridgehead atoms. The molecule has 1 aliphatic rings. The second kappa shape index (κ2) is 9.79. The zero-order chi connectivity index (χ0) is 28.0. The first-order valence-electron chi connectivity index (χ1n) is 13.0. The van der Waals surface area contributed by atoms with Crippen LogP contribution < -0.4 is 5.32 Å². The fourth-order valence-corrected chi connectivity index (χ4v) is 5.32. The highest BCUT2D eigenvalue weighted by Crippen LogP contribution is 2.51. The number of fused-ring (bicyclic) bond motifs is 1. The Labute approximate surface area is 229 Å². The Bertz CT molecular complexity index is 1780. The Kier molecular flexibility index (Phi) is 6.25. The third-order valence-electron chi connectivity index (χ3n) is 7.75. The lowest BCUT2D eigenvalue weighted by Crippen LogP contribution is -2.18. The second-order valence-corrected chi connectivity index (χ2v) is 10.2. The number of aromatic nitrogens is 2. The largest absolute Gasteiger partial charge is 0.455 e. The molecule has 0 atom stereocenters. The van der Waals surface area contributed by atoms with Crippen molar-refractivity contribution in [3.05, 3.63) is 107 Å². The number of benzene rings is 3. The number of ketones is 1. The molecule has 3 aromatic carbocycles. The number of nitrogens with zero attached hydrogens (tertiary/aromatic N) is 2. The fourth-order valence-electron chi connectivity index (χ4n) is 5.32. The standard InChI is InChI=1S/C32H25F2N3O3/c1-18-3-4-20(25(38)16-32(12-13-32)21-11-14-36-37-17-21)15-24(18)23-9-10-26-27(29(23)34)28(31(39)35-2)30(40-26)19-5-7-22(33)8-6-19/h3-11,14-15,17H,12-13,16H2,1-2H3,(H,35,39). The van der Waals surface area contributed by atoms with E-state index in [9.17, 15) is 14.0 Å². The average molecular weight is 538 g/mol. The molecule has 40 heavy (non-hydrogen) atoms. The molecule has 0 saturated heterocycles. The highest BCUT2D eigenvalue weighted by atomic mass is 19.1. The van der Waals surface area contributed by atoms with E-state index in [2.05, 4.69) is 15.5 Å². The zero-order valence-electron chi connectivity index (χ0n) is 21.9. The maximum Gasteiger partial charge on any atom is 0.255 e. The van der Waals surface area contributed by atoms with Crippen LogP contribution >= 0.6 is 0 Å². The molecule has 6 rings (SSSR count). The third-order valence-corrected chi connectivity index (χ3v) is 7.75. The van der Waals surface area contributed by atoms with Crippen molar-refractivity contribution in [3.8, 4) is 22.5 Å². The molecule has 2 heterocycles. The highest BCUT2D eigenvalue weighted by Gasteiger charge is 2.46. The van der Waals surface area contributed by atoms with Crippen LogP contribution in [0.25, 0.3) is 33.4 Å². The van der Waals surface area contributed by atoms with Crippen molar-refractivity contribution < 1.29 is 22.8 Å². The number of hydrogen-bond donors (Lipinski definition) is 1. The molecule has 1 N–H and O–H groups in total. The minimum atomic E-state index is -0.637. The minimum Gasteiger partial charge on any atom is -0.455 e. The van der Waals surface area contributed by atoms with E-state index in [-0.39, 0.29) is 39.1 Å². The number of carbonyl (C=O) groups is 2. The maximum absolute atomic E-state index is 16.3. The number of Topliss-reactive ketones (excluding diaryl/α,β-unsaturated/α-hetero) is 1. The second-order valence-electron chi connectivity index (χ2n) is 10.2. The third kappa shape index (κ3) is 4.35. The molecule has 1 fully saturated rings. The van der Waals surface area contributed by atoms with Crippen molar-refractivity contribution >= 4 is 22.7 Å². The van der Waals surface area contributed by atoms with Crippen molar-refractivity contribution in [2.75, 3.05) is 7.05 Å². The number of halogens is 2. The predicted molar refractivity (Wildman–Crippen MR) is 147 cm³/mol. The van der Waals surface area contributed by atoms with Gasteiger partial charge in [0.05, 0.1) is 17.1 Å². The molecule has 1 saturated carbocycles. The van der Waals surface area contributed by atoms with E-state index >= 15 is 4.39 Å². The van der Waals surface area contributed by atoms with Gasteiger partial charge in [-0.15, -0.1) is 0 Å². The van der Waals surface area contributed by atoms with Gasteiger partial charge >= 0.3 is 0 Å². The van der Waals surface area contributed by atoms with Crippen molar-refractivity contribution in [1.29, 1.82) is 0 Å². The molecule has 5 aromatic rings. The van der Waals surface area contributed by atoms with Crippen LogP contribution in [-0.4, -0.2) is 28.9 Å². The molecule has 0 unspecified atom stereocenters. The molecular weight excluding hydrogens is 512 g/mol. The summed E-state index contributed by atoms with van der Waals surface area (Å²) < 4.78 is 35.8. The Morgan fingerprint density at radius 3 is 2.42 bits per heavy atom. The van der Waals surface area contributed by atoms with Crippen LogP contribution in [0.3, 0.4) is 0 Å². The summed E-state index contributed by atoms with van der Waals surface area (Å²) in [6.45, 7) is 1.84. The SMILES string of the molecule is CNC(=O)c1c(-c2ccc(F)cc2)oc2ccc(-c3cc(C(=O)CC4(c5ccnnc5)CC4)ccc3C)c(F)c12. The fraction of sp³-hybridized carbons (Fsp3) is 0.188. The molecule has 2 aromatic heterocycles. The normalized spacial score (nSPS) is 13.8. The van der Waals surface area contributed by atoms with E-state index in [4.69, 9.17) is 4.42 Å². The lowest BCUT2D eigenvalue weighted by molar-refractivity contribution is 0.0958. The maximum atomic E-state index is 16.3. The van der Waals surface area contributed by atoms with Gasteiger partial charge in [-0.3, -0.25) is 9.59 Å². The Morgan fingerprint density at radius 1 is 0.975 bits per heavy atom. The van der Waals surface area contributed by atoms with Crippen LogP contribution in [0.15, 0.2) is 77.5 Å². The number of aryl methyl sites for hydroxylation is 1. The van der Waals surface area contributed by atoms with Crippen LogP contribution in [0.5, 0.6) is 0 Å². The summed E-state index contributed by atoms with van der Waals surface area (Å²) >= 11 is 0. The minimum absolute atomic E-state index is 0.0226. The Hall–Kier alpha value is -4.72. The van der Waals surface area contributed by atoms with Gasteiger partial charge in [0, 0.05) is 41.8 Å². The molecule has 1 amide bonds. The van der Waals surface area contributed by atoms with Gasteiger partial charge in [0.2, 0.25) is 0 Å². The lowest BCUT2D eigenvalue weighted by atomic mass is 9.88. The van der Waals surface area contributed by atoms with Gasteiger partial charge in [-0.2, -0.15) is 10.2 Å². The summed E-state index contributed by atoms with van der Waals surface area (Å²) in [6, 6.07) is 15.8. The average Bonchev–Trinajstić information content (AvgIpc) is 3.65. The van der Waals surface area contributed by atoms with Gasteiger partial charge in [-0.1, -0.05) is 12.1 Å². The van der Waals surface area contributed by atoms with Crippen molar-refractivity contribution in [1.82, 2.24) is 15.5 Å². The van der Waals surface area contributed by atoms with Crippen LogP contribution in [-0.2, 0) is 5.41 Å². The zero-order valence-corrected chi connectivity index (χ0v) is 21.9. The van der Waals surface area contributed by atoms with Crippen molar-refractivity contribution in [2.45, 2.75) is 31.6 Å². The summed E-state index contributed by atoms with van der Waals surface area (Å²) in [7, 11) is 1.45. The molecule has 0 radical (unpaired) electrons. The quantitative estimate of drug-likeness (QED) is 0.231. The summed E-state index contributed by atoms with van der Waals surface area (Å²) in [5.41, 5.74) is 3.47. The summed E-state index contributed by atoms with van der Waals surface area (Å²) in [6.07, 6.45) is 5.46. The van der Waals surface area contributed by atoms with Crippen LogP contribution in [0.2, 0.25) is 0 Å². The van der Waals surface area contributed by atoms with Crippen molar-refractivity contribution in [3.63, 3.8) is 0 Å². The molecule has 0 aliphatic heterocycles. The molecule has 6 nitrogen and oxygen atoms in total. The van der Waals surface area contributed by atoms with Crippen LogP contribution in [0.4, 0.5) is 8.78 Å². The predicted octanol–water partition coefficient (Wildman–Crippen LogP) is 6.81. The Morgan fingerprint density at radius 2 is 1.75 bits per heavy atom. The van der Waals surface area contributed by atoms with Gasteiger partial charge in [0.15, 0.2) is 5.78 Å². The molecule has 8 heteroatoms. The van der Waals surface area contributed by atoms with E-state index in [1.165, 1.54) is 31.3 Å². The van der Waals surface area contributed by atoms with Gasteiger partial charge in [0.1, 0.15) is 23.0 Å². The van der Waals surface area contributed by atoms with E-state index in [1.807, 2.05) is 13.0 Å². The molecule has 200 valence electrons. The number of carbonyl (C=O) groups excluding carboxylic acids is 2. The van der Waals surface area contributed by atoms with Crippen LogP contribution in [0.1, 0.15) is 51.1 Å². The molecular formula is C32H25F2N3O3. The molecule has 1 aliphatic carbocycles. The first kappa shape index (κ1) is 25.6. The highest BCUT2D eigenvalue weighted by molar-refractivity contribution is 6.12. The smallest absolute Gasteiger partial charge is 0.255 e. The van der Waals surface area contributed by atoms with E-state index in [1.54, 1.807) is 42.7 Å². The van der Waals surface area contributed by atoms with E-state index < -0.39 is 17.5 Å². The number of nitrogens with one attached hydrogen (secondary N) is 1. The monoisotopic (exact) mass is 537 g/mol. The summed E-state index contributed by atoms with van der Waals surface area (Å²) in [4.78, 5) is 26.4. The van der Waals surface area contributed by atoms with Gasteiger partial charge < -0.3 is 9.73 Å². The number of furan rings is 1.